The Morgan fingerprint density at radius 3 is 2.17 bits per heavy atom. The zero-order chi connectivity index (χ0) is 20.2. The van der Waals surface area contributed by atoms with Crippen molar-refractivity contribution in [3.05, 3.63) is 42.0 Å². The average Bonchev–Trinajstić information content (AvgIpc) is 2.75. The molecule has 2 fully saturated rings. The van der Waals surface area contributed by atoms with Crippen LogP contribution in [0.3, 0.4) is 0 Å². The first kappa shape index (κ1) is 19.4. The summed E-state index contributed by atoms with van der Waals surface area (Å²) in [6, 6.07) is 7.62. The molecule has 2 saturated heterocycles. The van der Waals surface area contributed by atoms with Crippen molar-refractivity contribution in [1.29, 1.82) is 0 Å². The van der Waals surface area contributed by atoms with Gasteiger partial charge in [0.05, 0.1) is 13.2 Å². The number of carbonyl (C=O) groups excluding carboxylic acids is 1. The molecule has 154 valence electrons. The van der Waals surface area contributed by atoms with Gasteiger partial charge in [-0.15, -0.1) is 0 Å². The van der Waals surface area contributed by atoms with Crippen LogP contribution >= 0.6 is 0 Å². The van der Waals surface area contributed by atoms with Crippen molar-refractivity contribution in [3.8, 4) is 0 Å². The minimum atomic E-state index is -0.326. The Kier molecular flexibility index (Phi) is 5.75. The highest BCUT2D eigenvalue weighted by Gasteiger charge is 2.23. The van der Waals surface area contributed by atoms with Crippen LogP contribution in [0.5, 0.6) is 0 Å². The van der Waals surface area contributed by atoms with Gasteiger partial charge < -0.3 is 24.8 Å². The number of benzene rings is 1. The lowest BCUT2D eigenvalue weighted by molar-refractivity contribution is 0.122. The molecule has 0 saturated carbocycles. The summed E-state index contributed by atoms with van der Waals surface area (Å²) >= 11 is 0. The zero-order valence-electron chi connectivity index (χ0n) is 16.5. The molecule has 0 radical (unpaired) electrons. The van der Waals surface area contributed by atoms with Crippen LogP contribution in [0, 0.1) is 12.7 Å². The van der Waals surface area contributed by atoms with Crippen LogP contribution in [-0.2, 0) is 4.74 Å². The fraction of sp³-hybridized carbons (Fsp3) is 0.450. The second-order valence-corrected chi connectivity index (χ2v) is 7.14. The number of rotatable bonds is 3. The summed E-state index contributed by atoms with van der Waals surface area (Å²) in [6.45, 7) is 7.53. The van der Waals surface area contributed by atoms with Crippen molar-refractivity contribution in [2.24, 2.45) is 0 Å². The molecule has 2 aromatic rings. The predicted octanol–water partition coefficient (Wildman–Crippen LogP) is 2.11. The van der Waals surface area contributed by atoms with E-state index in [-0.39, 0.29) is 11.8 Å². The third-order valence-electron chi connectivity index (χ3n) is 5.13. The molecule has 1 aromatic heterocycles. The molecule has 8 nitrogen and oxygen atoms in total. The van der Waals surface area contributed by atoms with Gasteiger partial charge in [-0.05, 0) is 31.2 Å². The van der Waals surface area contributed by atoms with Crippen LogP contribution in [0.1, 0.15) is 5.82 Å². The number of ether oxygens (including phenoxy) is 1. The van der Waals surface area contributed by atoms with E-state index in [1.807, 2.05) is 13.0 Å². The zero-order valence-corrected chi connectivity index (χ0v) is 16.5. The van der Waals surface area contributed by atoms with Gasteiger partial charge in [-0.3, -0.25) is 0 Å². The Balaban J connectivity index is 1.37. The Morgan fingerprint density at radius 1 is 0.966 bits per heavy atom. The number of morpholine rings is 1. The summed E-state index contributed by atoms with van der Waals surface area (Å²) in [5.74, 6) is 2.22. The van der Waals surface area contributed by atoms with Gasteiger partial charge in [0.15, 0.2) is 0 Å². The molecule has 3 heterocycles. The van der Waals surface area contributed by atoms with Crippen LogP contribution in [0.15, 0.2) is 30.3 Å². The molecule has 2 aliphatic rings. The highest BCUT2D eigenvalue weighted by atomic mass is 19.1. The molecule has 0 bridgehead atoms. The summed E-state index contributed by atoms with van der Waals surface area (Å²) in [4.78, 5) is 27.8. The Bertz CT molecular complexity index is 849. The molecule has 1 N–H and O–H groups in total. The van der Waals surface area contributed by atoms with Crippen LogP contribution in [0.25, 0.3) is 0 Å². The minimum absolute atomic E-state index is 0.177. The third kappa shape index (κ3) is 4.73. The van der Waals surface area contributed by atoms with Crippen molar-refractivity contribution in [2.45, 2.75) is 6.92 Å². The predicted molar refractivity (Wildman–Crippen MR) is 109 cm³/mol. The van der Waals surface area contributed by atoms with Crippen molar-refractivity contribution in [1.82, 2.24) is 14.9 Å². The largest absolute Gasteiger partial charge is 0.378 e. The van der Waals surface area contributed by atoms with Crippen molar-refractivity contribution in [2.75, 3.05) is 67.6 Å². The smallest absolute Gasteiger partial charge is 0.321 e. The van der Waals surface area contributed by atoms with E-state index >= 15 is 0 Å². The Labute approximate surface area is 169 Å². The first-order chi connectivity index (χ1) is 14.1. The Morgan fingerprint density at radius 2 is 1.55 bits per heavy atom. The highest BCUT2D eigenvalue weighted by Crippen LogP contribution is 2.21. The molecule has 9 heteroatoms. The van der Waals surface area contributed by atoms with Gasteiger partial charge in [0.25, 0.3) is 0 Å². The number of aromatic nitrogens is 2. The maximum atomic E-state index is 13.0. The topological polar surface area (TPSA) is 73.8 Å². The van der Waals surface area contributed by atoms with Gasteiger partial charge in [-0.1, -0.05) is 0 Å². The van der Waals surface area contributed by atoms with Gasteiger partial charge in [-0.25, -0.2) is 19.2 Å². The summed E-state index contributed by atoms with van der Waals surface area (Å²) in [5.41, 5.74) is 0.584. The monoisotopic (exact) mass is 400 g/mol. The molecular weight excluding hydrogens is 375 g/mol. The van der Waals surface area contributed by atoms with E-state index in [0.717, 1.165) is 30.5 Å². The molecule has 1 aromatic carbocycles. The molecule has 2 aliphatic heterocycles. The highest BCUT2D eigenvalue weighted by molar-refractivity contribution is 5.89. The molecule has 0 unspecified atom stereocenters. The lowest BCUT2D eigenvalue weighted by atomic mass is 10.3. The lowest BCUT2D eigenvalue weighted by Gasteiger charge is -2.36. The molecule has 0 aliphatic carbocycles. The summed E-state index contributed by atoms with van der Waals surface area (Å²) in [6.07, 6.45) is 0. The first-order valence-electron chi connectivity index (χ1n) is 9.83. The van der Waals surface area contributed by atoms with Gasteiger partial charge >= 0.3 is 6.03 Å². The first-order valence-corrected chi connectivity index (χ1v) is 9.83. The number of hydrogen-bond donors (Lipinski definition) is 1. The quantitative estimate of drug-likeness (QED) is 0.851. The SMILES string of the molecule is Cc1nc(N2CCOCC2)cc(N2CCN(C(=O)Nc3ccc(F)cc3)CC2)n1. The van der Waals surface area contributed by atoms with Gasteiger partial charge in [-0.2, -0.15) is 0 Å². The fourth-order valence-electron chi connectivity index (χ4n) is 3.53. The number of carbonyl (C=O) groups is 1. The number of piperazine rings is 1. The second-order valence-electron chi connectivity index (χ2n) is 7.14. The summed E-state index contributed by atoms with van der Waals surface area (Å²) in [7, 11) is 0. The van der Waals surface area contributed by atoms with Gasteiger partial charge in [0, 0.05) is 51.0 Å². The standard InChI is InChI=1S/C20H25FN6O2/c1-15-22-18(14-19(23-15)26-10-12-29-13-11-26)25-6-8-27(9-7-25)20(28)24-17-4-2-16(21)3-5-17/h2-5,14H,6-13H2,1H3,(H,24,28). The summed E-state index contributed by atoms with van der Waals surface area (Å²) < 4.78 is 18.4. The van der Waals surface area contributed by atoms with Crippen molar-refractivity contribution < 1.29 is 13.9 Å². The van der Waals surface area contributed by atoms with E-state index in [4.69, 9.17) is 4.74 Å². The number of aryl methyl sites for hydroxylation is 1. The van der Waals surface area contributed by atoms with Gasteiger partial charge in [0.2, 0.25) is 0 Å². The van der Waals surface area contributed by atoms with E-state index in [0.29, 0.717) is 45.1 Å². The number of hydrogen-bond acceptors (Lipinski definition) is 6. The van der Waals surface area contributed by atoms with E-state index in [1.54, 1.807) is 17.0 Å². The molecule has 29 heavy (non-hydrogen) atoms. The lowest BCUT2D eigenvalue weighted by Crippen LogP contribution is -2.50. The molecular formula is C20H25FN6O2. The molecule has 4 rings (SSSR count). The normalized spacial score (nSPS) is 17.4. The summed E-state index contributed by atoms with van der Waals surface area (Å²) in [5, 5.41) is 2.81. The number of urea groups is 1. The maximum Gasteiger partial charge on any atom is 0.321 e. The van der Waals surface area contributed by atoms with E-state index in [1.165, 1.54) is 12.1 Å². The third-order valence-corrected chi connectivity index (χ3v) is 5.13. The van der Waals surface area contributed by atoms with Crippen molar-refractivity contribution >= 4 is 23.4 Å². The fourth-order valence-corrected chi connectivity index (χ4v) is 3.53. The number of amides is 2. The number of nitrogens with zero attached hydrogens (tertiary/aromatic N) is 5. The van der Waals surface area contributed by atoms with Crippen LogP contribution in [0.4, 0.5) is 26.5 Å². The minimum Gasteiger partial charge on any atom is -0.378 e. The molecule has 2 amide bonds. The van der Waals surface area contributed by atoms with Crippen molar-refractivity contribution in [3.63, 3.8) is 0 Å². The van der Waals surface area contributed by atoms with Crippen LogP contribution < -0.4 is 15.1 Å². The number of anilines is 3. The maximum absolute atomic E-state index is 13.0. The number of halogens is 1. The number of nitrogens with one attached hydrogen (secondary N) is 1. The average molecular weight is 400 g/mol. The Hall–Kier alpha value is -2.94. The van der Waals surface area contributed by atoms with E-state index < -0.39 is 0 Å². The van der Waals surface area contributed by atoms with Gasteiger partial charge in [0.1, 0.15) is 23.3 Å². The molecule has 0 spiro atoms. The van der Waals surface area contributed by atoms with Crippen LogP contribution in [0.2, 0.25) is 0 Å². The van der Waals surface area contributed by atoms with Crippen LogP contribution in [-0.4, -0.2) is 73.4 Å². The second kappa shape index (κ2) is 8.60. The van der Waals surface area contributed by atoms with E-state index in [2.05, 4.69) is 25.1 Å². The molecule has 0 atom stereocenters. The van der Waals surface area contributed by atoms with E-state index in [9.17, 15) is 9.18 Å².